The fraction of sp³-hybridized carbons (Fsp3) is 0.286. The second kappa shape index (κ2) is 10.2. The SMILES string of the molecule is Cn1cc(-c2nn([C@H]3CC[C@@H](Oc4nccc(C(F)(F)F)c4F)CC3)c3cc(Nc4ccccc4)ncc23)cn1. The van der Waals surface area contributed by atoms with E-state index < -0.39 is 29.5 Å². The molecule has 4 aromatic heterocycles. The fourth-order valence-corrected chi connectivity index (χ4v) is 5.10. The van der Waals surface area contributed by atoms with Crippen molar-refractivity contribution in [3.05, 3.63) is 78.6 Å². The summed E-state index contributed by atoms with van der Waals surface area (Å²) < 4.78 is 63.1. The van der Waals surface area contributed by atoms with Gasteiger partial charge in [-0.25, -0.2) is 14.4 Å². The number of aromatic nitrogens is 6. The van der Waals surface area contributed by atoms with E-state index in [-0.39, 0.29) is 6.04 Å². The molecular formula is C28H25F4N7O. The third-order valence-corrected chi connectivity index (χ3v) is 7.05. The van der Waals surface area contributed by atoms with Crippen molar-refractivity contribution in [1.82, 2.24) is 29.5 Å². The van der Waals surface area contributed by atoms with Crippen LogP contribution in [0, 0.1) is 5.82 Å². The predicted octanol–water partition coefficient (Wildman–Crippen LogP) is 6.69. The Kier molecular flexibility index (Phi) is 6.60. The first-order valence-electron chi connectivity index (χ1n) is 12.8. The van der Waals surface area contributed by atoms with E-state index in [0.29, 0.717) is 37.6 Å². The van der Waals surface area contributed by atoms with Crippen molar-refractivity contribution in [2.75, 3.05) is 5.32 Å². The number of ether oxygens (including phenoxy) is 1. The number of hydrogen-bond donors (Lipinski definition) is 1. The molecule has 12 heteroatoms. The van der Waals surface area contributed by atoms with Gasteiger partial charge in [0.05, 0.1) is 23.3 Å². The van der Waals surface area contributed by atoms with Gasteiger partial charge in [0, 0.05) is 48.3 Å². The van der Waals surface area contributed by atoms with Gasteiger partial charge >= 0.3 is 6.18 Å². The lowest BCUT2D eigenvalue weighted by Crippen LogP contribution is -2.27. The molecule has 1 aliphatic rings. The van der Waals surface area contributed by atoms with Gasteiger partial charge in [0.2, 0.25) is 0 Å². The van der Waals surface area contributed by atoms with Crippen molar-refractivity contribution in [1.29, 1.82) is 0 Å². The van der Waals surface area contributed by atoms with Crippen LogP contribution in [0.5, 0.6) is 5.88 Å². The number of nitrogens with one attached hydrogen (secondary N) is 1. The zero-order chi connectivity index (χ0) is 27.9. The molecule has 1 fully saturated rings. The summed E-state index contributed by atoms with van der Waals surface area (Å²) in [5.74, 6) is -1.44. The normalized spacial score (nSPS) is 17.7. The maximum Gasteiger partial charge on any atom is 0.419 e. The van der Waals surface area contributed by atoms with E-state index >= 15 is 0 Å². The number of pyridine rings is 2. The highest BCUT2D eigenvalue weighted by atomic mass is 19.4. The van der Waals surface area contributed by atoms with E-state index in [1.807, 2.05) is 54.3 Å². The molecular weight excluding hydrogens is 526 g/mol. The Morgan fingerprint density at radius 3 is 2.48 bits per heavy atom. The maximum absolute atomic E-state index is 14.5. The molecule has 0 saturated heterocycles. The Balaban J connectivity index is 1.26. The maximum atomic E-state index is 14.5. The van der Waals surface area contributed by atoms with Gasteiger partial charge in [-0.05, 0) is 43.9 Å². The largest absolute Gasteiger partial charge is 0.472 e. The van der Waals surface area contributed by atoms with Crippen molar-refractivity contribution in [3.63, 3.8) is 0 Å². The summed E-state index contributed by atoms with van der Waals surface area (Å²) in [4.78, 5) is 8.32. The zero-order valence-corrected chi connectivity index (χ0v) is 21.4. The third-order valence-electron chi connectivity index (χ3n) is 7.05. The number of halogens is 4. The lowest BCUT2D eigenvalue weighted by Gasteiger charge is -2.29. The molecule has 0 unspecified atom stereocenters. The van der Waals surface area contributed by atoms with Crippen molar-refractivity contribution in [2.24, 2.45) is 7.05 Å². The molecule has 8 nitrogen and oxygen atoms in total. The van der Waals surface area contributed by atoms with Crippen LogP contribution in [-0.4, -0.2) is 35.6 Å². The number of anilines is 2. The third kappa shape index (κ3) is 5.08. The molecule has 1 aromatic carbocycles. The summed E-state index contributed by atoms with van der Waals surface area (Å²) in [5, 5.41) is 13.4. The topological polar surface area (TPSA) is 82.7 Å². The molecule has 0 radical (unpaired) electrons. The monoisotopic (exact) mass is 551 g/mol. The number of aryl methyl sites for hydroxylation is 1. The summed E-state index contributed by atoms with van der Waals surface area (Å²) in [5.41, 5.74) is 2.03. The van der Waals surface area contributed by atoms with Gasteiger partial charge in [-0.2, -0.15) is 23.4 Å². The van der Waals surface area contributed by atoms with Crippen LogP contribution in [0.25, 0.3) is 22.2 Å². The molecule has 1 aliphatic carbocycles. The first-order valence-corrected chi connectivity index (χ1v) is 12.8. The minimum absolute atomic E-state index is 0.000868. The van der Waals surface area contributed by atoms with Crippen LogP contribution in [0.2, 0.25) is 0 Å². The Morgan fingerprint density at radius 2 is 1.77 bits per heavy atom. The predicted molar refractivity (Wildman–Crippen MR) is 141 cm³/mol. The van der Waals surface area contributed by atoms with Crippen LogP contribution in [0.1, 0.15) is 37.3 Å². The van der Waals surface area contributed by atoms with Gasteiger partial charge in [0.1, 0.15) is 17.6 Å². The highest BCUT2D eigenvalue weighted by Crippen LogP contribution is 2.38. The Labute approximate surface area is 226 Å². The lowest BCUT2D eigenvalue weighted by molar-refractivity contribution is -0.140. The first-order chi connectivity index (χ1) is 19.3. The van der Waals surface area contributed by atoms with E-state index in [4.69, 9.17) is 9.84 Å². The van der Waals surface area contributed by atoms with Gasteiger partial charge in [0.25, 0.3) is 5.88 Å². The average Bonchev–Trinajstić information content (AvgIpc) is 3.53. The summed E-state index contributed by atoms with van der Waals surface area (Å²) in [6.07, 6.45) is 3.36. The number of nitrogens with zero attached hydrogens (tertiary/aromatic N) is 6. The number of alkyl halides is 3. The molecule has 0 spiro atoms. The molecule has 0 atom stereocenters. The van der Waals surface area contributed by atoms with E-state index in [1.165, 1.54) is 0 Å². The van der Waals surface area contributed by atoms with Crippen LogP contribution < -0.4 is 10.1 Å². The average molecular weight is 552 g/mol. The fourth-order valence-electron chi connectivity index (χ4n) is 5.10. The second-order valence-corrected chi connectivity index (χ2v) is 9.80. The molecule has 206 valence electrons. The molecule has 5 aromatic rings. The minimum atomic E-state index is -4.82. The van der Waals surface area contributed by atoms with Gasteiger partial charge in [-0.3, -0.25) is 9.36 Å². The second-order valence-electron chi connectivity index (χ2n) is 9.80. The molecule has 6 rings (SSSR count). The summed E-state index contributed by atoms with van der Waals surface area (Å²) in [6.45, 7) is 0. The molecule has 0 aliphatic heterocycles. The van der Waals surface area contributed by atoms with E-state index in [9.17, 15) is 17.6 Å². The number of rotatable bonds is 6. The van der Waals surface area contributed by atoms with Crippen LogP contribution in [-0.2, 0) is 13.2 Å². The van der Waals surface area contributed by atoms with Crippen molar-refractivity contribution in [3.8, 4) is 17.1 Å². The standard InChI is InChI=1S/C28H25F4N7O/c1-38-16-17(14-35-38)26-21-15-34-24(36-18-5-3-2-4-6-18)13-23(21)39(37-26)19-7-9-20(10-8-19)40-27-25(29)22(11-12-33-27)28(30,31)32/h2-6,11-16,19-20H,7-10H2,1H3,(H,34,36)/t19-,20+. The Hall–Kier alpha value is -4.48. The Bertz CT molecular complexity index is 1640. The Morgan fingerprint density at radius 1 is 1.00 bits per heavy atom. The lowest BCUT2D eigenvalue weighted by atomic mass is 9.93. The van der Waals surface area contributed by atoms with Crippen molar-refractivity contribution >= 4 is 22.4 Å². The van der Waals surface area contributed by atoms with Gasteiger partial charge in [-0.1, -0.05) is 18.2 Å². The molecule has 1 saturated carbocycles. The van der Waals surface area contributed by atoms with Gasteiger partial charge < -0.3 is 10.1 Å². The highest BCUT2D eigenvalue weighted by molar-refractivity contribution is 5.94. The molecule has 4 heterocycles. The quantitative estimate of drug-likeness (QED) is 0.237. The molecule has 0 bridgehead atoms. The zero-order valence-electron chi connectivity index (χ0n) is 21.4. The van der Waals surface area contributed by atoms with Crippen molar-refractivity contribution in [2.45, 2.75) is 44.0 Å². The molecule has 0 amide bonds. The summed E-state index contributed by atoms with van der Waals surface area (Å²) >= 11 is 0. The van der Waals surface area contributed by atoms with Crippen LogP contribution >= 0.6 is 0 Å². The van der Waals surface area contributed by atoms with Crippen molar-refractivity contribution < 1.29 is 22.3 Å². The highest BCUT2D eigenvalue weighted by Gasteiger charge is 2.36. The summed E-state index contributed by atoms with van der Waals surface area (Å²) in [7, 11) is 1.84. The van der Waals surface area contributed by atoms with Crippen LogP contribution in [0.15, 0.2) is 67.3 Å². The molecule has 1 N–H and O–H groups in total. The number of hydrogen-bond acceptors (Lipinski definition) is 6. The van der Waals surface area contributed by atoms with Gasteiger partial charge in [0.15, 0.2) is 5.82 Å². The summed E-state index contributed by atoms with van der Waals surface area (Å²) in [6, 6.07) is 12.3. The number of fused-ring (bicyclic) bond motifs is 1. The van der Waals surface area contributed by atoms with E-state index in [0.717, 1.165) is 34.0 Å². The van der Waals surface area contributed by atoms with E-state index in [1.54, 1.807) is 17.1 Å². The number of para-hydroxylation sites is 1. The van der Waals surface area contributed by atoms with Crippen LogP contribution in [0.3, 0.4) is 0 Å². The first kappa shape index (κ1) is 25.8. The smallest absolute Gasteiger partial charge is 0.419 e. The molecule has 40 heavy (non-hydrogen) atoms. The number of benzene rings is 1. The van der Waals surface area contributed by atoms with Crippen LogP contribution in [0.4, 0.5) is 29.1 Å². The minimum Gasteiger partial charge on any atom is -0.472 e. The van der Waals surface area contributed by atoms with Gasteiger partial charge in [-0.15, -0.1) is 0 Å². The van der Waals surface area contributed by atoms with E-state index in [2.05, 4.69) is 20.4 Å².